The lowest BCUT2D eigenvalue weighted by atomic mass is 10.1. The van der Waals surface area contributed by atoms with Crippen LogP contribution in [0, 0.1) is 17.2 Å². The summed E-state index contributed by atoms with van der Waals surface area (Å²) in [6, 6.07) is 7.46. The zero-order chi connectivity index (χ0) is 13.1. The second-order valence-electron chi connectivity index (χ2n) is 4.20. The van der Waals surface area contributed by atoms with Crippen LogP contribution in [-0.4, -0.2) is 26.2 Å². The Morgan fingerprint density at radius 2 is 2.39 bits per heavy atom. The molecule has 1 aliphatic rings. The monoisotopic (exact) mass is 264 g/mol. The molecule has 0 bridgehead atoms. The SMILES string of the molecule is COC(=O)C1CCN(c2cccc(Cl)c2C#N)C1. The molecule has 4 nitrogen and oxygen atoms in total. The van der Waals surface area contributed by atoms with Crippen molar-refractivity contribution in [2.24, 2.45) is 5.92 Å². The number of nitrogens with zero attached hydrogens (tertiary/aromatic N) is 2. The molecule has 94 valence electrons. The third-order valence-corrected chi connectivity index (χ3v) is 3.48. The van der Waals surface area contributed by atoms with E-state index in [4.69, 9.17) is 21.6 Å². The van der Waals surface area contributed by atoms with Gasteiger partial charge in [0.2, 0.25) is 0 Å². The van der Waals surface area contributed by atoms with Gasteiger partial charge in [-0.2, -0.15) is 5.26 Å². The number of carbonyl (C=O) groups excluding carboxylic acids is 1. The van der Waals surface area contributed by atoms with Gasteiger partial charge in [-0.25, -0.2) is 0 Å². The Morgan fingerprint density at radius 3 is 3.06 bits per heavy atom. The summed E-state index contributed by atoms with van der Waals surface area (Å²) in [4.78, 5) is 13.5. The lowest BCUT2D eigenvalue weighted by Gasteiger charge is -2.20. The van der Waals surface area contributed by atoms with E-state index >= 15 is 0 Å². The number of nitriles is 1. The highest BCUT2D eigenvalue weighted by molar-refractivity contribution is 6.32. The number of ether oxygens (including phenoxy) is 1. The van der Waals surface area contributed by atoms with Crippen LogP contribution in [0.3, 0.4) is 0 Å². The molecule has 2 rings (SSSR count). The third kappa shape index (κ3) is 2.27. The lowest BCUT2D eigenvalue weighted by Crippen LogP contribution is -2.24. The van der Waals surface area contributed by atoms with Gasteiger partial charge < -0.3 is 9.64 Å². The number of halogens is 1. The Labute approximate surface area is 111 Å². The largest absolute Gasteiger partial charge is 0.469 e. The maximum Gasteiger partial charge on any atom is 0.310 e. The van der Waals surface area contributed by atoms with E-state index in [-0.39, 0.29) is 11.9 Å². The van der Waals surface area contributed by atoms with Crippen LogP contribution < -0.4 is 4.90 Å². The van der Waals surface area contributed by atoms with Gasteiger partial charge in [0.05, 0.1) is 29.3 Å². The molecule has 1 aromatic rings. The maximum absolute atomic E-state index is 11.5. The fourth-order valence-electron chi connectivity index (χ4n) is 2.23. The minimum absolute atomic E-state index is 0.125. The van der Waals surface area contributed by atoms with Crippen molar-refractivity contribution in [2.75, 3.05) is 25.1 Å². The molecule has 5 heteroatoms. The van der Waals surface area contributed by atoms with Crippen molar-refractivity contribution in [3.05, 3.63) is 28.8 Å². The zero-order valence-corrected chi connectivity index (χ0v) is 10.8. The molecule has 0 saturated carbocycles. The highest BCUT2D eigenvalue weighted by Crippen LogP contribution is 2.31. The summed E-state index contributed by atoms with van der Waals surface area (Å²) in [7, 11) is 1.39. The van der Waals surface area contributed by atoms with E-state index in [1.807, 2.05) is 17.0 Å². The van der Waals surface area contributed by atoms with E-state index in [0.29, 0.717) is 17.1 Å². The van der Waals surface area contributed by atoms with E-state index in [1.54, 1.807) is 6.07 Å². The van der Waals surface area contributed by atoms with Crippen LogP contribution >= 0.6 is 11.6 Å². The molecule has 0 aromatic heterocycles. The predicted octanol–water partition coefficient (Wildman–Crippen LogP) is 2.21. The average molecular weight is 265 g/mol. The molecular weight excluding hydrogens is 252 g/mol. The average Bonchev–Trinajstić information content (AvgIpc) is 2.87. The number of anilines is 1. The van der Waals surface area contributed by atoms with Crippen molar-refractivity contribution < 1.29 is 9.53 Å². The fraction of sp³-hybridized carbons (Fsp3) is 0.385. The minimum Gasteiger partial charge on any atom is -0.469 e. The Morgan fingerprint density at radius 1 is 1.61 bits per heavy atom. The summed E-state index contributed by atoms with van der Waals surface area (Å²) in [6.45, 7) is 1.30. The van der Waals surface area contributed by atoms with E-state index < -0.39 is 0 Å². The van der Waals surface area contributed by atoms with Crippen LogP contribution in [0.1, 0.15) is 12.0 Å². The number of carbonyl (C=O) groups is 1. The maximum atomic E-state index is 11.5. The third-order valence-electron chi connectivity index (χ3n) is 3.17. The summed E-state index contributed by atoms with van der Waals surface area (Å²) in [5, 5.41) is 9.57. The van der Waals surface area contributed by atoms with Gasteiger partial charge in [-0.3, -0.25) is 4.79 Å². The lowest BCUT2D eigenvalue weighted by molar-refractivity contribution is -0.144. The standard InChI is InChI=1S/C13H13ClN2O2/c1-18-13(17)9-5-6-16(8-9)12-4-2-3-11(14)10(12)7-15/h2-4,9H,5-6,8H2,1H3. The highest BCUT2D eigenvalue weighted by Gasteiger charge is 2.30. The van der Waals surface area contributed by atoms with Gasteiger partial charge in [0, 0.05) is 13.1 Å². The number of hydrogen-bond donors (Lipinski definition) is 0. The molecule has 1 fully saturated rings. The molecule has 0 spiro atoms. The van der Waals surface area contributed by atoms with Crippen molar-refractivity contribution in [3.8, 4) is 6.07 Å². The van der Waals surface area contributed by atoms with Crippen molar-refractivity contribution in [2.45, 2.75) is 6.42 Å². The van der Waals surface area contributed by atoms with E-state index in [2.05, 4.69) is 6.07 Å². The number of benzene rings is 1. The molecular formula is C13H13ClN2O2. The predicted molar refractivity (Wildman–Crippen MR) is 68.5 cm³/mol. The van der Waals surface area contributed by atoms with Gasteiger partial charge in [0.25, 0.3) is 0 Å². The first-order valence-corrected chi connectivity index (χ1v) is 6.06. The summed E-state index contributed by atoms with van der Waals surface area (Å²) in [6.07, 6.45) is 0.740. The molecule has 1 aliphatic heterocycles. The second-order valence-corrected chi connectivity index (χ2v) is 4.61. The van der Waals surface area contributed by atoms with Gasteiger partial charge in [0.1, 0.15) is 6.07 Å². The normalized spacial score (nSPS) is 18.5. The number of hydrogen-bond acceptors (Lipinski definition) is 4. The van der Waals surface area contributed by atoms with Crippen molar-refractivity contribution in [1.82, 2.24) is 0 Å². The molecule has 0 amide bonds. The Hall–Kier alpha value is -1.73. The van der Waals surface area contributed by atoms with Crippen molar-refractivity contribution in [3.63, 3.8) is 0 Å². The minimum atomic E-state index is -0.196. The van der Waals surface area contributed by atoms with Crippen LogP contribution in [-0.2, 0) is 9.53 Å². The smallest absolute Gasteiger partial charge is 0.310 e. The Kier molecular flexibility index (Phi) is 3.73. The first-order chi connectivity index (χ1) is 8.67. The fourth-order valence-corrected chi connectivity index (χ4v) is 2.44. The summed E-state index contributed by atoms with van der Waals surface area (Å²) in [5.74, 6) is -0.321. The van der Waals surface area contributed by atoms with Crippen LogP contribution in [0.5, 0.6) is 0 Å². The van der Waals surface area contributed by atoms with Gasteiger partial charge in [-0.15, -0.1) is 0 Å². The van der Waals surface area contributed by atoms with Crippen LogP contribution in [0.15, 0.2) is 18.2 Å². The zero-order valence-electron chi connectivity index (χ0n) is 10.0. The van der Waals surface area contributed by atoms with E-state index in [9.17, 15) is 4.79 Å². The van der Waals surface area contributed by atoms with Gasteiger partial charge in [-0.1, -0.05) is 17.7 Å². The van der Waals surface area contributed by atoms with Crippen LogP contribution in [0.2, 0.25) is 5.02 Å². The molecule has 1 atom stereocenters. The molecule has 0 radical (unpaired) electrons. The number of esters is 1. The first-order valence-electron chi connectivity index (χ1n) is 5.68. The molecule has 1 saturated heterocycles. The molecule has 18 heavy (non-hydrogen) atoms. The second kappa shape index (κ2) is 5.28. The van der Waals surface area contributed by atoms with E-state index in [0.717, 1.165) is 18.7 Å². The van der Waals surface area contributed by atoms with Gasteiger partial charge in [0.15, 0.2) is 0 Å². The van der Waals surface area contributed by atoms with E-state index in [1.165, 1.54) is 7.11 Å². The first kappa shape index (κ1) is 12.7. The van der Waals surface area contributed by atoms with Gasteiger partial charge in [-0.05, 0) is 18.6 Å². The summed E-state index contributed by atoms with van der Waals surface area (Å²) in [5.41, 5.74) is 1.25. The summed E-state index contributed by atoms with van der Waals surface area (Å²) < 4.78 is 4.74. The van der Waals surface area contributed by atoms with Crippen molar-refractivity contribution in [1.29, 1.82) is 5.26 Å². The molecule has 1 aromatic carbocycles. The molecule has 0 N–H and O–H groups in total. The Bertz CT molecular complexity index is 510. The quantitative estimate of drug-likeness (QED) is 0.769. The highest BCUT2D eigenvalue weighted by atomic mass is 35.5. The molecule has 1 unspecified atom stereocenters. The Balaban J connectivity index is 2.23. The number of methoxy groups -OCH3 is 1. The molecule has 1 heterocycles. The number of rotatable bonds is 2. The van der Waals surface area contributed by atoms with Crippen LogP contribution in [0.4, 0.5) is 5.69 Å². The molecule has 0 aliphatic carbocycles. The topological polar surface area (TPSA) is 53.3 Å². The van der Waals surface area contributed by atoms with Crippen molar-refractivity contribution >= 4 is 23.3 Å². The van der Waals surface area contributed by atoms with Gasteiger partial charge >= 0.3 is 5.97 Å². The summed E-state index contributed by atoms with van der Waals surface area (Å²) >= 11 is 5.99. The van der Waals surface area contributed by atoms with Crippen LogP contribution in [0.25, 0.3) is 0 Å².